The SMILES string of the molecule is CCCCOc1cc(CCO[C@@H]2CCCC[C@H]2N2C(=O)C[C@@H](OC(C)=O)C2=O)ccc1OC. The Hall–Kier alpha value is -2.61. The van der Waals surface area contributed by atoms with Gasteiger partial charge in [0.2, 0.25) is 5.91 Å². The first kappa shape index (κ1) is 25.0. The average Bonchev–Trinajstić information content (AvgIpc) is 3.06. The van der Waals surface area contributed by atoms with Crippen LogP contribution in [0.1, 0.15) is 64.4 Å². The molecule has 0 radical (unpaired) electrons. The van der Waals surface area contributed by atoms with Crippen molar-refractivity contribution in [3.8, 4) is 11.5 Å². The molecule has 8 heteroatoms. The van der Waals surface area contributed by atoms with Crippen molar-refractivity contribution < 1.29 is 33.3 Å². The van der Waals surface area contributed by atoms with Crippen molar-refractivity contribution in [1.82, 2.24) is 4.90 Å². The lowest BCUT2D eigenvalue weighted by molar-refractivity contribution is -0.158. The van der Waals surface area contributed by atoms with Crippen molar-refractivity contribution in [2.24, 2.45) is 0 Å². The Morgan fingerprint density at radius 2 is 1.91 bits per heavy atom. The predicted molar refractivity (Wildman–Crippen MR) is 121 cm³/mol. The molecule has 3 atom stereocenters. The molecule has 1 saturated carbocycles. The molecule has 2 fully saturated rings. The number of nitrogens with zero attached hydrogens (tertiary/aromatic N) is 1. The molecule has 0 bridgehead atoms. The molecule has 1 aromatic carbocycles. The number of amides is 2. The summed E-state index contributed by atoms with van der Waals surface area (Å²) in [6.45, 7) is 4.47. The Bertz CT molecular complexity index is 840. The van der Waals surface area contributed by atoms with Gasteiger partial charge < -0.3 is 18.9 Å². The maximum Gasteiger partial charge on any atom is 0.303 e. The van der Waals surface area contributed by atoms with Crippen LogP contribution < -0.4 is 9.47 Å². The summed E-state index contributed by atoms with van der Waals surface area (Å²) >= 11 is 0. The van der Waals surface area contributed by atoms with Crippen LogP contribution in [0.5, 0.6) is 11.5 Å². The number of carbonyl (C=O) groups is 3. The van der Waals surface area contributed by atoms with E-state index in [4.69, 9.17) is 18.9 Å². The highest BCUT2D eigenvalue weighted by Crippen LogP contribution is 2.31. The Morgan fingerprint density at radius 3 is 2.64 bits per heavy atom. The van der Waals surface area contributed by atoms with Gasteiger partial charge >= 0.3 is 5.97 Å². The number of methoxy groups -OCH3 is 1. The predicted octanol–water partition coefficient (Wildman–Crippen LogP) is 3.44. The summed E-state index contributed by atoms with van der Waals surface area (Å²) in [7, 11) is 1.63. The van der Waals surface area contributed by atoms with Crippen molar-refractivity contribution in [2.45, 2.75) is 83.5 Å². The van der Waals surface area contributed by atoms with Gasteiger partial charge in [0.25, 0.3) is 5.91 Å². The topological polar surface area (TPSA) is 91.4 Å². The summed E-state index contributed by atoms with van der Waals surface area (Å²) in [5, 5.41) is 0. The molecule has 8 nitrogen and oxygen atoms in total. The van der Waals surface area contributed by atoms with Crippen LogP contribution in [0, 0.1) is 0 Å². The molecule has 1 aliphatic carbocycles. The monoisotopic (exact) mass is 461 g/mol. The first-order valence-electron chi connectivity index (χ1n) is 11.9. The molecule has 0 unspecified atom stereocenters. The first-order chi connectivity index (χ1) is 15.9. The molecule has 1 saturated heterocycles. The Balaban J connectivity index is 1.60. The van der Waals surface area contributed by atoms with E-state index in [-0.39, 0.29) is 24.5 Å². The standard InChI is InChI=1S/C25H35NO7/c1-4-5-13-31-22-15-18(10-11-21(22)30-3)12-14-32-20-9-7-6-8-19(20)26-24(28)16-23(25(26)29)33-17(2)27/h10-11,15,19-20,23H,4-9,12-14,16H2,1-3H3/t19-,20-,23-/m1/s1. The highest BCUT2D eigenvalue weighted by Gasteiger charge is 2.47. The van der Waals surface area contributed by atoms with Gasteiger partial charge in [0, 0.05) is 6.92 Å². The number of carbonyl (C=O) groups excluding carboxylic acids is 3. The molecule has 0 N–H and O–H groups in total. The minimum atomic E-state index is -1.01. The van der Waals surface area contributed by atoms with E-state index in [2.05, 4.69) is 6.92 Å². The Kier molecular flexibility index (Phi) is 9.11. The fourth-order valence-corrected chi connectivity index (χ4v) is 4.47. The van der Waals surface area contributed by atoms with Gasteiger partial charge in [0.05, 0.1) is 38.9 Å². The number of esters is 1. The molecule has 1 heterocycles. The second kappa shape index (κ2) is 12.0. The maximum absolute atomic E-state index is 12.7. The van der Waals surface area contributed by atoms with Crippen molar-refractivity contribution in [3.63, 3.8) is 0 Å². The van der Waals surface area contributed by atoms with E-state index < -0.39 is 18.0 Å². The van der Waals surface area contributed by atoms with E-state index in [0.29, 0.717) is 31.8 Å². The second-order valence-corrected chi connectivity index (χ2v) is 8.60. The number of benzene rings is 1. The maximum atomic E-state index is 12.7. The number of imide groups is 1. The minimum Gasteiger partial charge on any atom is -0.493 e. The highest BCUT2D eigenvalue weighted by molar-refractivity contribution is 6.06. The molecule has 3 rings (SSSR count). The summed E-state index contributed by atoms with van der Waals surface area (Å²) in [4.78, 5) is 37.8. The molecule has 2 amide bonds. The fourth-order valence-electron chi connectivity index (χ4n) is 4.47. The summed E-state index contributed by atoms with van der Waals surface area (Å²) in [6, 6.07) is 5.55. The number of unbranched alkanes of at least 4 members (excludes halogenated alkanes) is 1. The number of ether oxygens (including phenoxy) is 4. The van der Waals surface area contributed by atoms with Crippen LogP contribution in [0.15, 0.2) is 18.2 Å². The quantitative estimate of drug-likeness (QED) is 0.283. The molecule has 182 valence electrons. The lowest BCUT2D eigenvalue weighted by Gasteiger charge is -2.36. The number of hydrogen-bond acceptors (Lipinski definition) is 7. The van der Waals surface area contributed by atoms with Gasteiger partial charge in [-0.25, -0.2) is 0 Å². The summed E-state index contributed by atoms with van der Waals surface area (Å²) < 4.78 is 22.5. The van der Waals surface area contributed by atoms with Crippen LogP contribution in [0.4, 0.5) is 0 Å². The third-order valence-electron chi connectivity index (χ3n) is 6.16. The van der Waals surface area contributed by atoms with Crippen LogP contribution in [0.25, 0.3) is 0 Å². The molecular formula is C25H35NO7. The van der Waals surface area contributed by atoms with Crippen molar-refractivity contribution in [2.75, 3.05) is 20.3 Å². The third kappa shape index (κ3) is 6.47. The molecule has 0 aromatic heterocycles. The molecule has 1 aromatic rings. The van der Waals surface area contributed by atoms with Gasteiger partial charge in [-0.2, -0.15) is 0 Å². The number of hydrogen-bond donors (Lipinski definition) is 0. The summed E-state index contributed by atoms with van der Waals surface area (Å²) in [5.74, 6) is 0.146. The molecule has 33 heavy (non-hydrogen) atoms. The van der Waals surface area contributed by atoms with E-state index in [1.165, 1.54) is 11.8 Å². The zero-order chi connectivity index (χ0) is 23.8. The Labute approximate surface area is 195 Å². The molecule has 2 aliphatic rings. The van der Waals surface area contributed by atoms with Gasteiger partial charge in [-0.1, -0.05) is 32.3 Å². The van der Waals surface area contributed by atoms with Gasteiger partial charge in [0.15, 0.2) is 17.6 Å². The van der Waals surface area contributed by atoms with E-state index in [9.17, 15) is 14.4 Å². The van der Waals surface area contributed by atoms with Gasteiger partial charge in [-0.05, 0) is 43.4 Å². The molecule has 1 aliphatic heterocycles. The summed E-state index contributed by atoms with van der Waals surface area (Å²) in [5.41, 5.74) is 1.07. The third-order valence-corrected chi connectivity index (χ3v) is 6.16. The summed E-state index contributed by atoms with van der Waals surface area (Å²) in [6.07, 6.45) is 4.79. The van der Waals surface area contributed by atoms with Crippen molar-refractivity contribution in [1.29, 1.82) is 0 Å². The van der Waals surface area contributed by atoms with Gasteiger partial charge in [-0.15, -0.1) is 0 Å². The smallest absolute Gasteiger partial charge is 0.303 e. The zero-order valence-corrected chi connectivity index (χ0v) is 19.8. The van der Waals surface area contributed by atoms with Gasteiger partial charge in [-0.3, -0.25) is 19.3 Å². The van der Waals surface area contributed by atoms with E-state index in [1.54, 1.807) is 7.11 Å². The normalized spacial score (nSPS) is 23.0. The van der Waals surface area contributed by atoms with Crippen LogP contribution >= 0.6 is 0 Å². The van der Waals surface area contributed by atoms with E-state index >= 15 is 0 Å². The largest absolute Gasteiger partial charge is 0.493 e. The lowest BCUT2D eigenvalue weighted by Crippen LogP contribution is -2.50. The number of rotatable bonds is 11. The van der Waals surface area contributed by atoms with Crippen molar-refractivity contribution >= 4 is 17.8 Å². The van der Waals surface area contributed by atoms with Crippen molar-refractivity contribution in [3.05, 3.63) is 23.8 Å². The molecule has 0 spiro atoms. The van der Waals surface area contributed by atoms with Crippen LogP contribution in [0.3, 0.4) is 0 Å². The second-order valence-electron chi connectivity index (χ2n) is 8.60. The Morgan fingerprint density at radius 1 is 1.12 bits per heavy atom. The average molecular weight is 462 g/mol. The minimum absolute atomic E-state index is 0.0890. The van der Waals surface area contributed by atoms with E-state index in [1.807, 2.05) is 18.2 Å². The van der Waals surface area contributed by atoms with E-state index in [0.717, 1.165) is 43.4 Å². The van der Waals surface area contributed by atoms with Gasteiger partial charge in [0.1, 0.15) is 0 Å². The van der Waals surface area contributed by atoms with Crippen LogP contribution in [-0.4, -0.2) is 61.3 Å². The lowest BCUT2D eigenvalue weighted by atomic mass is 9.91. The van der Waals surface area contributed by atoms with Crippen LogP contribution in [-0.2, 0) is 30.3 Å². The zero-order valence-electron chi connectivity index (χ0n) is 19.8. The van der Waals surface area contributed by atoms with Crippen LogP contribution in [0.2, 0.25) is 0 Å². The number of likely N-dealkylation sites (tertiary alicyclic amines) is 1. The first-order valence-corrected chi connectivity index (χ1v) is 11.9. The fraction of sp³-hybridized carbons (Fsp3) is 0.640. The molecular weight excluding hydrogens is 426 g/mol. The highest BCUT2D eigenvalue weighted by atomic mass is 16.5.